The molecular weight excluding hydrogens is 306 g/mol. The molecule has 1 aliphatic rings. The van der Waals surface area contributed by atoms with E-state index in [2.05, 4.69) is 10.3 Å². The number of nitrogens with zero attached hydrogens (tertiary/aromatic N) is 2. The number of carbonyl (C=O) groups excluding carboxylic acids is 2. The zero-order valence-electron chi connectivity index (χ0n) is 13.7. The highest BCUT2D eigenvalue weighted by atomic mass is 16.5. The van der Waals surface area contributed by atoms with Crippen LogP contribution in [0.25, 0.3) is 0 Å². The van der Waals surface area contributed by atoms with E-state index in [4.69, 9.17) is 4.74 Å². The predicted octanol–water partition coefficient (Wildman–Crippen LogP) is 2.86. The molecule has 2 heterocycles. The summed E-state index contributed by atoms with van der Waals surface area (Å²) in [4.78, 5) is 30.2. The number of hydrogen-bond acceptors (Lipinski definition) is 4. The monoisotopic (exact) mass is 325 g/mol. The number of ether oxygens (including phenoxy) is 1. The van der Waals surface area contributed by atoms with Crippen molar-refractivity contribution in [3.05, 3.63) is 48.3 Å². The molecule has 1 atom stereocenters. The topological polar surface area (TPSA) is 71.5 Å². The van der Waals surface area contributed by atoms with E-state index < -0.39 is 6.10 Å². The quantitative estimate of drug-likeness (QED) is 0.938. The highest BCUT2D eigenvalue weighted by Crippen LogP contribution is 2.36. The third-order valence-electron chi connectivity index (χ3n) is 3.80. The second-order valence-corrected chi connectivity index (χ2v) is 5.63. The zero-order valence-corrected chi connectivity index (χ0v) is 13.7. The number of aromatic nitrogens is 1. The van der Waals surface area contributed by atoms with E-state index in [9.17, 15) is 9.59 Å². The molecule has 0 fully saturated rings. The maximum absolute atomic E-state index is 12.3. The van der Waals surface area contributed by atoms with Crippen LogP contribution < -0.4 is 15.0 Å². The van der Waals surface area contributed by atoms with Gasteiger partial charge in [-0.05, 0) is 43.7 Å². The molecule has 2 amide bonds. The lowest BCUT2D eigenvalue weighted by Crippen LogP contribution is -2.44. The van der Waals surface area contributed by atoms with E-state index in [0.29, 0.717) is 29.2 Å². The van der Waals surface area contributed by atoms with Crippen LogP contribution in [-0.2, 0) is 4.79 Å². The van der Waals surface area contributed by atoms with Crippen molar-refractivity contribution in [2.75, 3.05) is 16.8 Å². The summed E-state index contributed by atoms with van der Waals surface area (Å²) in [5, 5.41) is 2.82. The summed E-state index contributed by atoms with van der Waals surface area (Å²) >= 11 is 0. The number of nitrogens with one attached hydrogen (secondary N) is 1. The second kappa shape index (κ2) is 6.70. The van der Waals surface area contributed by atoms with Crippen LogP contribution in [0.5, 0.6) is 5.75 Å². The van der Waals surface area contributed by atoms with Crippen LogP contribution >= 0.6 is 0 Å². The number of pyridine rings is 1. The third kappa shape index (κ3) is 3.08. The lowest BCUT2D eigenvalue weighted by atomic mass is 10.1. The first-order valence-electron chi connectivity index (χ1n) is 7.93. The Bertz CT molecular complexity index is 761. The molecule has 0 saturated heterocycles. The molecule has 2 aromatic rings. The van der Waals surface area contributed by atoms with Gasteiger partial charge in [-0.25, -0.2) is 0 Å². The van der Waals surface area contributed by atoms with E-state index >= 15 is 0 Å². The molecule has 1 aromatic carbocycles. The molecule has 0 aliphatic carbocycles. The van der Waals surface area contributed by atoms with Crippen LogP contribution in [0, 0.1) is 0 Å². The summed E-state index contributed by atoms with van der Waals surface area (Å²) in [6.45, 7) is 4.37. The highest BCUT2D eigenvalue weighted by Gasteiger charge is 2.31. The number of amides is 2. The number of hydrogen-bond donors (Lipinski definition) is 1. The summed E-state index contributed by atoms with van der Waals surface area (Å²) in [5.74, 6) is 0.330. The van der Waals surface area contributed by atoms with E-state index in [1.54, 1.807) is 48.4 Å². The van der Waals surface area contributed by atoms with Gasteiger partial charge in [0.25, 0.3) is 11.8 Å². The largest absolute Gasteiger partial charge is 0.479 e. The molecule has 3 rings (SSSR count). The van der Waals surface area contributed by atoms with Crippen LogP contribution in [0.15, 0.2) is 42.7 Å². The summed E-state index contributed by atoms with van der Waals surface area (Å²) in [5.41, 5.74) is 1.76. The molecule has 1 N–H and O–H groups in total. The van der Waals surface area contributed by atoms with Crippen LogP contribution in [0.1, 0.15) is 30.6 Å². The third-order valence-corrected chi connectivity index (χ3v) is 3.80. The molecule has 0 spiro atoms. The number of carbonyl (C=O) groups is 2. The van der Waals surface area contributed by atoms with Crippen LogP contribution in [-0.4, -0.2) is 29.4 Å². The Morgan fingerprint density at radius 2 is 2.21 bits per heavy atom. The molecular formula is C18H19N3O3. The fourth-order valence-electron chi connectivity index (χ4n) is 2.64. The van der Waals surface area contributed by atoms with Gasteiger partial charge in [0.1, 0.15) is 5.75 Å². The number of benzene rings is 1. The fourth-order valence-corrected chi connectivity index (χ4v) is 2.64. The van der Waals surface area contributed by atoms with Gasteiger partial charge in [-0.1, -0.05) is 6.92 Å². The Morgan fingerprint density at radius 3 is 2.92 bits per heavy atom. The molecule has 1 unspecified atom stereocenters. The molecule has 124 valence electrons. The minimum atomic E-state index is -0.500. The minimum absolute atomic E-state index is 0.0694. The highest BCUT2D eigenvalue weighted by molar-refractivity contribution is 6.05. The number of fused-ring (bicyclic) bond motifs is 1. The molecule has 1 aromatic heterocycles. The Hall–Kier alpha value is -2.89. The van der Waals surface area contributed by atoms with Crippen molar-refractivity contribution in [3.63, 3.8) is 0 Å². The van der Waals surface area contributed by atoms with Gasteiger partial charge in [0.05, 0.1) is 11.3 Å². The molecule has 0 bridgehead atoms. The first-order chi connectivity index (χ1) is 11.6. The Labute approximate surface area is 140 Å². The van der Waals surface area contributed by atoms with Crippen LogP contribution in [0.3, 0.4) is 0 Å². The van der Waals surface area contributed by atoms with Crippen molar-refractivity contribution >= 4 is 23.2 Å². The first-order valence-corrected chi connectivity index (χ1v) is 7.93. The summed E-state index contributed by atoms with van der Waals surface area (Å²) in [6.07, 6.45) is 3.46. The van der Waals surface area contributed by atoms with Crippen molar-refractivity contribution in [3.8, 4) is 5.75 Å². The zero-order chi connectivity index (χ0) is 17.1. The second-order valence-electron chi connectivity index (χ2n) is 5.63. The molecule has 6 heteroatoms. The Balaban J connectivity index is 1.87. The van der Waals surface area contributed by atoms with Gasteiger partial charge >= 0.3 is 0 Å². The van der Waals surface area contributed by atoms with Gasteiger partial charge in [0.2, 0.25) is 0 Å². The first kappa shape index (κ1) is 16.0. The van der Waals surface area contributed by atoms with Crippen molar-refractivity contribution in [2.45, 2.75) is 26.4 Å². The predicted molar refractivity (Wildman–Crippen MR) is 91.4 cm³/mol. The Morgan fingerprint density at radius 1 is 1.38 bits per heavy atom. The van der Waals surface area contributed by atoms with E-state index in [-0.39, 0.29) is 11.8 Å². The van der Waals surface area contributed by atoms with Crippen LogP contribution in [0.4, 0.5) is 11.4 Å². The molecule has 0 radical (unpaired) electrons. The maximum atomic E-state index is 12.3. The van der Waals surface area contributed by atoms with Crippen molar-refractivity contribution in [1.29, 1.82) is 0 Å². The van der Waals surface area contributed by atoms with Gasteiger partial charge in [-0.3, -0.25) is 14.6 Å². The molecule has 0 saturated carbocycles. The van der Waals surface area contributed by atoms with E-state index in [1.807, 2.05) is 6.92 Å². The van der Waals surface area contributed by atoms with E-state index in [0.717, 1.165) is 6.42 Å². The van der Waals surface area contributed by atoms with Gasteiger partial charge in [-0.15, -0.1) is 0 Å². The van der Waals surface area contributed by atoms with Gasteiger partial charge in [0.15, 0.2) is 6.10 Å². The molecule has 6 nitrogen and oxygen atoms in total. The van der Waals surface area contributed by atoms with Gasteiger partial charge in [0, 0.05) is 24.6 Å². The SMILES string of the molecule is CCCN1C(=O)C(C)Oc2ccc(NC(=O)c3cccnc3)cc21. The summed E-state index contributed by atoms with van der Waals surface area (Å²) in [6, 6.07) is 8.71. The maximum Gasteiger partial charge on any atom is 0.267 e. The minimum Gasteiger partial charge on any atom is -0.479 e. The molecule has 1 aliphatic heterocycles. The van der Waals surface area contributed by atoms with Gasteiger partial charge < -0.3 is 15.0 Å². The summed E-state index contributed by atoms with van der Waals surface area (Å²) in [7, 11) is 0. The van der Waals surface area contributed by atoms with Crippen molar-refractivity contribution < 1.29 is 14.3 Å². The standard InChI is InChI=1S/C18H19N3O3/c1-3-9-21-15-10-14(6-7-16(15)24-12(2)18(21)23)20-17(22)13-5-4-8-19-11-13/h4-8,10-12H,3,9H2,1-2H3,(H,20,22). The lowest BCUT2D eigenvalue weighted by molar-refractivity contribution is -0.125. The number of anilines is 2. The smallest absolute Gasteiger partial charge is 0.267 e. The average Bonchev–Trinajstić information content (AvgIpc) is 2.60. The fraction of sp³-hybridized carbons (Fsp3) is 0.278. The normalized spacial score (nSPS) is 16.3. The average molecular weight is 325 g/mol. The lowest BCUT2D eigenvalue weighted by Gasteiger charge is -2.33. The van der Waals surface area contributed by atoms with Crippen molar-refractivity contribution in [2.24, 2.45) is 0 Å². The van der Waals surface area contributed by atoms with Gasteiger partial charge in [-0.2, -0.15) is 0 Å². The van der Waals surface area contributed by atoms with Crippen molar-refractivity contribution in [1.82, 2.24) is 4.98 Å². The number of rotatable bonds is 4. The van der Waals surface area contributed by atoms with Crippen LogP contribution in [0.2, 0.25) is 0 Å². The summed E-state index contributed by atoms with van der Waals surface area (Å²) < 4.78 is 5.65. The van der Waals surface area contributed by atoms with E-state index in [1.165, 1.54) is 6.20 Å². The molecule has 24 heavy (non-hydrogen) atoms. The Kier molecular flexibility index (Phi) is 4.46.